The Morgan fingerprint density at radius 3 is 2.47 bits per heavy atom. The summed E-state index contributed by atoms with van der Waals surface area (Å²) >= 11 is 3.28. The van der Waals surface area contributed by atoms with Crippen molar-refractivity contribution in [2.24, 2.45) is 0 Å². The fourth-order valence-electron chi connectivity index (χ4n) is 2.87. The van der Waals surface area contributed by atoms with E-state index in [4.69, 9.17) is 4.74 Å². The van der Waals surface area contributed by atoms with Crippen LogP contribution < -0.4 is 10.6 Å². The third kappa shape index (κ3) is 8.16. The highest BCUT2D eigenvalue weighted by Crippen LogP contribution is 2.22. The summed E-state index contributed by atoms with van der Waals surface area (Å²) in [4.78, 5) is 28.9. The molecule has 0 saturated heterocycles. The lowest BCUT2D eigenvalue weighted by atomic mass is 10.0. The Morgan fingerprint density at radius 1 is 1.22 bits per heavy atom. The highest BCUT2D eigenvalue weighted by molar-refractivity contribution is 9.10. The van der Waals surface area contributed by atoms with E-state index in [1.807, 2.05) is 25.1 Å². The number of amides is 2. The summed E-state index contributed by atoms with van der Waals surface area (Å²) in [7, 11) is 0. The number of ether oxygens (including phenoxy) is 1. The summed E-state index contributed by atoms with van der Waals surface area (Å²) in [6.07, 6.45) is 2.45. The fourth-order valence-corrected chi connectivity index (χ4v) is 3.23. The van der Waals surface area contributed by atoms with Crippen LogP contribution in [0.5, 0.6) is 0 Å². The number of halogens is 1. The Labute approximate surface area is 197 Å². The zero-order valence-corrected chi connectivity index (χ0v) is 20.2. The largest absolute Gasteiger partial charge is 0.444 e. The molecule has 1 aromatic carbocycles. The van der Waals surface area contributed by atoms with Crippen molar-refractivity contribution >= 4 is 39.7 Å². The standard InChI is InChI=1S/C24H27BrN4O3/c1-5-7-20(16-10-12-18(13-11-16)28-23(31)32-24(2,3)4)29-22(30)17(15-26)14-19-8-6-9-21(25)27-19/h6,8-14,20H,5,7H2,1-4H3,(H,28,31)(H,29,30)/b17-14+. The van der Waals surface area contributed by atoms with Gasteiger partial charge < -0.3 is 10.1 Å². The Morgan fingerprint density at radius 2 is 1.91 bits per heavy atom. The summed E-state index contributed by atoms with van der Waals surface area (Å²) in [5, 5.41) is 15.1. The van der Waals surface area contributed by atoms with Gasteiger partial charge in [-0.2, -0.15) is 5.26 Å². The Hall–Kier alpha value is -3.18. The van der Waals surface area contributed by atoms with Crippen LogP contribution in [-0.4, -0.2) is 22.6 Å². The lowest BCUT2D eigenvalue weighted by molar-refractivity contribution is -0.117. The van der Waals surface area contributed by atoms with E-state index < -0.39 is 17.6 Å². The minimum Gasteiger partial charge on any atom is -0.444 e. The topological polar surface area (TPSA) is 104 Å². The first-order chi connectivity index (χ1) is 15.1. The number of benzene rings is 1. The number of aromatic nitrogens is 1. The van der Waals surface area contributed by atoms with E-state index in [2.05, 4.69) is 31.5 Å². The van der Waals surface area contributed by atoms with Crippen molar-refractivity contribution in [3.05, 3.63) is 63.9 Å². The summed E-state index contributed by atoms with van der Waals surface area (Å²) in [6.45, 7) is 7.41. The molecule has 0 aliphatic heterocycles. The predicted octanol–water partition coefficient (Wildman–Crippen LogP) is 5.76. The van der Waals surface area contributed by atoms with Gasteiger partial charge in [-0.15, -0.1) is 0 Å². The van der Waals surface area contributed by atoms with E-state index in [0.29, 0.717) is 22.4 Å². The van der Waals surface area contributed by atoms with E-state index in [1.54, 1.807) is 51.1 Å². The quantitative estimate of drug-likeness (QED) is 0.287. The maximum absolute atomic E-state index is 12.8. The van der Waals surface area contributed by atoms with Gasteiger partial charge in [0.1, 0.15) is 21.8 Å². The Kier molecular flexibility index (Phi) is 8.97. The van der Waals surface area contributed by atoms with E-state index in [0.717, 1.165) is 12.0 Å². The number of anilines is 1. The predicted molar refractivity (Wildman–Crippen MR) is 128 cm³/mol. The first-order valence-electron chi connectivity index (χ1n) is 10.3. The molecule has 0 aliphatic rings. The van der Waals surface area contributed by atoms with Crippen LogP contribution in [0.1, 0.15) is 57.8 Å². The van der Waals surface area contributed by atoms with Crippen LogP contribution in [0.2, 0.25) is 0 Å². The van der Waals surface area contributed by atoms with E-state index in [1.165, 1.54) is 6.08 Å². The van der Waals surface area contributed by atoms with E-state index in [-0.39, 0.29) is 11.6 Å². The van der Waals surface area contributed by atoms with Crippen LogP contribution in [0, 0.1) is 11.3 Å². The van der Waals surface area contributed by atoms with Crippen LogP contribution in [-0.2, 0) is 9.53 Å². The molecule has 0 saturated carbocycles. The average molecular weight is 499 g/mol. The second kappa shape index (κ2) is 11.4. The average Bonchev–Trinajstić information content (AvgIpc) is 2.71. The van der Waals surface area contributed by atoms with Gasteiger partial charge in [0.25, 0.3) is 5.91 Å². The number of nitriles is 1. The minimum absolute atomic E-state index is 0.0279. The lowest BCUT2D eigenvalue weighted by Gasteiger charge is -2.20. The van der Waals surface area contributed by atoms with Crippen LogP contribution in [0.25, 0.3) is 6.08 Å². The zero-order valence-electron chi connectivity index (χ0n) is 18.6. The molecule has 8 heteroatoms. The lowest BCUT2D eigenvalue weighted by Crippen LogP contribution is -2.29. The molecule has 2 aromatic rings. The molecule has 1 aromatic heterocycles. The normalized spacial score (nSPS) is 12.4. The molecule has 7 nitrogen and oxygen atoms in total. The molecule has 32 heavy (non-hydrogen) atoms. The molecule has 2 amide bonds. The number of carbonyl (C=O) groups is 2. The van der Waals surface area contributed by atoms with Crippen molar-refractivity contribution in [2.45, 2.75) is 52.2 Å². The molecule has 1 heterocycles. The highest BCUT2D eigenvalue weighted by atomic mass is 79.9. The van der Waals surface area contributed by atoms with Crippen molar-refractivity contribution in [1.29, 1.82) is 5.26 Å². The van der Waals surface area contributed by atoms with Crippen LogP contribution >= 0.6 is 15.9 Å². The van der Waals surface area contributed by atoms with E-state index >= 15 is 0 Å². The molecule has 0 fully saturated rings. The second-order valence-corrected chi connectivity index (χ2v) is 8.93. The molecule has 0 bridgehead atoms. The molecular formula is C24H27BrN4O3. The third-order valence-electron chi connectivity index (χ3n) is 4.23. The summed E-state index contributed by atoms with van der Waals surface area (Å²) in [5.74, 6) is -0.469. The van der Waals surface area contributed by atoms with Gasteiger partial charge in [0.05, 0.1) is 11.7 Å². The molecule has 0 aliphatic carbocycles. The molecule has 2 rings (SSSR count). The van der Waals surface area contributed by atoms with Gasteiger partial charge >= 0.3 is 6.09 Å². The third-order valence-corrected chi connectivity index (χ3v) is 4.68. The fraction of sp³-hybridized carbons (Fsp3) is 0.333. The number of pyridine rings is 1. The Balaban J connectivity index is 2.13. The molecular weight excluding hydrogens is 472 g/mol. The van der Waals surface area contributed by atoms with Gasteiger partial charge in [-0.25, -0.2) is 9.78 Å². The van der Waals surface area contributed by atoms with Gasteiger partial charge in [-0.3, -0.25) is 10.1 Å². The number of carbonyl (C=O) groups excluding carboxylic acids is 2. The monoisotopic (exact) mass is 498 g/mol. The number of hydrogen-bond acceptors (Lipinski definition) is 5. The zero-order chi connectivity index (χ0) is 23.7. The van der Waals surface area contributed by atoms with Crippen molar-refractivity contribution in [1.82, 2.24) is 10.3 Å². The summed E-state index contributed by atoms with van der Waals surface area (Å²) < 4.78 is 5.87. The Bertz CT molecular complexity index is 1020. The maximum atomic E-state index is 12.8. The second-order valence-electron chi connectivity index (χ2n) is 8.12. The minimum atomic E-state index is -0.585. The highest BCUT2D eigenvalue weighted by Gasteiger charge is 2.19. The van der Waals surface area contributed by atoms with Crippen molar-refractivity contribution < 1.29 is 14.3 Å². The van der Waals surface area contributed by atoms with Gasteiger partial charge in [-0.05, 0) is 79.0 Å². The van der Waals surface area contributed by atoms with Gasteiger partial charge in [0.2, 0.25) is 0 Å². The number of rotatable bonds is 7. The molecule has 1 unspecified atom stereocenters. The molecule has 0 radical (unpaired) electrons. The number of hydrogen-bond donors (Lipinski definition) is 2. The number of nitrogens with zero attached hydrogens (tertiary/aromatic N) is 2. The van der Waals surface area contributed by atoms with Gasteiger partial charge in [-0.1, -0.05) is 31.5 Å². The maximum Gasteiger partial charge on any atom is 0.412 e. The smallest absolute Gasteiger partial charge is 0.412 e. The van der Waals surface area contributed by atoms with Gasteiger partial charge in [0.15, 0.2) is 0 Å². The summed E-state index contributed by atoms with van der Waals surface area (Å²) in [6, 6.07) is 14.1. The molecule has 2 N–H and O–H groups in total. The van der Waals surface area contributed by atoms with Crippen molar-refractivity contribution in [2.75, 3.05) is 5.32 Å². The van der Waals surface area contributed by atoms with Crippen LogP contribution in [0.3, 0.4) is 0 Å². The van der Waals surface area contributed by atoms with Crippen LogP contribution in [0.15, 0.2) is 52.6 Å². The first-order valence-corrected chi connectivity index (χ1v) is 11.1. The number of nitrogens with one attached hydrogen (secondary N) is 2. The molecule has 1 atom stereocenters. The van der Waals surface area contributed by atoms with Crippen LogP contribution in [0.4, 0.5) is 10.5 Å². The van der Waals surface area contributed by atoms with Gasteiger partial charge in [0, 0.05) is 5.69 Å². The van der Waals surface area contributed by atoms with E-state index in [9.17, 15) is 14.9 Å². The molecule has 168 valence electrons. The van der Waals surface area contributed by atoms with Crippen molar-refractivity contribution in [3.8, 4) is 6.07 Å². The first kappa shape index (κ1) is 25.1. The molecule has 0 spiro atoms. The van der Waals surface area contributed by atoms with Crippen molar-refractivity contribution in [3.63, 3.8) is 0 Å². The SMILES string of the molecule is CCCC(NC(=O)/C(C#N)=C/c1cccc(Br)n1)c1ccc(NC(=O)OC(C)(C)C)cc1. The summed E-state index contributed by atoms with van der Waals surface area (Å²) in [5.41, 5.74) is 1.35.